The molecule has 0 radical (unpaired) electrons. The third kappa shape index (κ3) is 6.05. The molecule has 152 valence electrons. The van der Waals surface area contributed by atoms with E-state index in [1.165, 1.54) is 17.7 Å². The number of amides is 1. The van der Waals surface area contributed by atoms with Crippen LogP contribution in [0.3, 0.4) is 0 Å². The zero-order chi connectivity index (χ0) is 19.1. The number of hydrogen-bond donors (Lipinski definition) is 0. The summed E-state index contributed by atoms with van der Waals surface area (Å²) in [6, 6.07) is 17.1. The monoisotopic (exact) mass is 404 g/mol. The molecule has 1 fully saturated rings. The number of benzene rings is 2. The molecule has 2 aromatic rings. The Morgan fingerprint density at radius 2 is 1.82 bits per heavy atom. The van der Waals surface area contributed by atoms with E-state index < -0.39 is 0 Å². The molecule has 1 amide bonds. The Balaban J connectivity index is 0.00000280. The third-order valence-corrected chi connectivity index (χ3v) is 5.30. The average molecular weight is 405 g/mol. The number of nitrogens with zero attached hydrogens (tertiary/aromatic N) is 2. The van der Waals surface area contributed by atoms with Crippen LogP contribution in [0.15, 0.2) is 54.6 Å². The van der Waals surface area contributed by atoms with Crippen LogP contribution in [0.1, 0.15) is 38.2 Å². The van der Waals surface area contributed by atoms with Gasteiger partial charge in [-0.2, -0.15) is 0 Å². The SMILES string of the molecule is CCCC(=O)N(c1cccc(F)c1)C1CCN(CCc2ccccc2)CC1.Cl. The third-order valence-electron chi connectivity index (χ3n) is 5.30. The highest BCUT2D eigenvalue weighted by atomic mass is 35.5. The lowest BCUT2D eigenvalue weighted by Gasteiger charge is -2.38. The number of piperidine rings is 1. The summed E-state index contributed by atoms with van der Waals surface area (Å²) in [6.45, 7) is 5.00. The molecule has 0 spiro atoms. The summed E-state index contributed by atoms with van der Waals surface area (Å²) < 4.78 is 13.7. The number of rotatable bonds is 7. The quantitative estimate of drug-likeness (QED) is 0.641. The zero-order valence-corrected chi connectivity index (χ0v) is 17.3. The van der Waals surface area contributed by atoms with Crippen LogP contribution in [-0.2, 0) is 11.2 Å². The van der Waals surface area contributed by atoms with Gasteiger partial charge in [0.2, 0.25) is 5.91 Å². The van der Waals surface area contributed by atoms with Gasteiger partial charge in [-0.25, -0.2) is 4.39 Å². The molecule has 0 atom stereocenters. The molecule has 1 aliphatic rings. The molecular weight excluding hydrogens is 375 g/mol. The lowest BCUT2D eigenvalue weighted by molar-refractivity contribution is -0.119. The molecule has 1 saturated heterocycles. The van der Waals surface area contributed by atoms with Gasteiger partial charge in [0.05, 0.1) is 0 Å². The molecule has 3 rings (SSSR count). The molecule has 0 aliphatic carbocycles. The van der Waals surface area contributed by atoms with Crippen molar-refractivity contribution in [3.8, 4) is 0 Å². The minimum Gasteiger partial charge on any atom is -0.309 e. The summed E-state index contributed by atoms with van der Waals surface area (Å²) in [4.78, 5) is 17.1. The molecule has 2 aromatic carbocycles. The summed E-state index contributed by atoms with van der Waals surface area (Å²) in [5.74, 6) is -0.187. The van der Waals surface area contributed by atoms with Crippen molar-refractivity contribution in [3.63, 3.8) is 0 Å². The van der Waals surface area contributed by atoms with E-state index in [0.29, 0.717) is 12.1 Å². The van der Waals surface area contributed by atoms with Crippen molar-refractivity contribution < 1.29 is 9.18 Å². The molecule has 0 aromatic heterocycles. The number of carbonyl (C=O) groups is 1. The summed E-state index contributed by atoms with van der Waals surface area (Å²) in [5, 5.41) is 0. The maximum Gasteiger partial charge on any atom is 0.227 e. The van der Waals surface area contributed by atoms with E-state index in [9.17, 15) is 9.18 Å². The van der Waals surface area contributed by atoms with Crippen LogP contribution in [0.2, 0.25) is 0 Å². The van der Waals surface area contributed by atoms with E-state index in [-0.39, 0.29) is 30.2 Å². The molecule has 5 heteroatoms. The summed E-state index contributed by atoms with van der Waals surface area (Å²) in [7, 11) is 0. The van der Waals surface area contributed by atoms with Gasteiger partial charge in [-0.1, -0.05) is 43.3 Å². The van der Waals surface area contributed by atoms with Crippen molar-refractivity contribution in [1.82, 2.24) is 4.90 Å². The number of carbonyl (C=O) groups excluding carboxylic acids is 1. The fourth-order valence-corrected chi connectivity index (χ4v) is 3.85. The predicted octanol–water partition coefficient (Wildman–Crippen LogP) is 5.09. The maximum absolute atomic E-state index is 13.7. The topological polar surface area (TPSA) is 23.6 Å². The fraction of sp³-hybridized carbons (Fsp3) is 0.435. The zero-order valence-electron chi connectivity index (χ0n) is 16.5. The highest BCUT2D eigenvalue weighted by Crippen LogP contribution is 2.26. The van der Waals surface area contributed by atoms with E-state index >= 15 is 0 Å². The summed E-state index contributed by atoms with van der Waals surface area (Å²) in [5.41, 5.74) is 2.05. The average Bonchev–Trinajstić information content (AvgIpc) is 2.69. The molecule has 3 nitrogen and oxygen atoms in total. The molecule has 1 heterocycles. The van der Waals surface area contributed by atoms with Crippen LogP contribution < -0.4 is 4.90 Å². The van der Waals surface area contributed by atoms with Crippen LogP contribution in [0.25, 0.3) is 0 Å². The van der Waals surface area contributed by atoms with Gasteiger partial charge in [0.25, 0.3) is 0 Å². The highest BCUT2D eigenvalue weighted by molar-refractivity contribution is 5.93. The molecule has 28 heavy (non-hydrogen) atoms. The van der Waals surface area contributed by atoms with Crippen molar-refractivity contribution in [2.24, 2.45) is 0 Å². The minimum absolute atomic E-state index is 0. The normalized spacial score (nSPS) is 15.1. The van der Waals surface area contributed by atoms with E-state index in [4.69, 9.17) is 0 Å². The van der Waals surface area contributed by atoms with E-state index in [1.807, 2.05) is 24.0 Å². The van der Waals surface area contributed by atoms with Gasteiger partial charge in [0.15, 0.2) is 0 Å². The predicted molar refractivity (Wildman–Crippen MR) is 116 cm³/mol. The Morgan fingerprint density at radius 1 is 1.11 bits per heavy atom. The van der Waals surface area contributed by atoms with Crippen molar-refractivity contribution in [2.45, 2.75) is 45.1 Å². The van der Waals surface area contributed by atoms with Gasteiger partial charge < -0.3 is 9.80 Å². The molecular formula is C23H30ClFN2O. The van der Waals surface area contributed by atoms with Gasteiger partial charge in [-0.3, -0.25) is 4.79 Å². The van der Waals surface area contributed by atoms with Crippen molar-refractivity contribution in [1.29, 1.82) is 0 Å². The van der Waals surface area contributed by atoms with Crippen molar-refractivity contribution >= 4 is 24.0 Å². The second kappa shape index (κ2) is 11.2. The Morgan fingerprint density at radius 3 is 2.46 bits per heavy atom. The van der Waals surface area contributed by atoms with E-state index in [1.54, 1.807) is 6.07 Å². The summed E-state index contributed by atoms with van der Waals surface area (Å²) >= 11 is 0. The summed E-state index contributed by atoms with van der Waals surface area (Å²) in [6.07, 6.45) is 4.22. The molecule has 0 bridgehead atoms. The standard InChI is InChI=1S/C23H29FN2O.ClH/c1-2-7-23(27)26(22-11-6-10-20(24)18-22)21-13-16-25(17-14-21)15-12-19-8-4-3-5-9-19;/h3-6,8-11,18,21H,2,7,12-17H2,1H3;1H. The van der Waals surface area contributed by atoms with Gasteiger partial charge >= 0.3 is 0 Å². The Kier molecular flexibility index (Phi) is 8.94. The van der Waals surface area contributed by atoms with E-state index in [2.05, 4.69) is 29.2 Å². The first-order valence-electron chi connectivity index (χ1n) is 10.0. The number of likely N-dealkylation sites (tertiary alicyclic amines) is 1. The second-order valence-corrected chi connectivity index (χ2v) is 7.30. The van der Waals surface area contributed by atoms with Gasteiger partial charge in [0, 0.05) is 37.8 Å². The molecule has 0 N–H and O–H groups in total. The Bertz CT molecular complexity index is 732. The van der Waals surface area contributed by atoms with Crippen molar-refractivity contribution in [3.05, 3.63) is 66.0 Å². The van der Waals surface area contributed by atoms with Crippen LogP contribution in [0, 0.1) is 5.82 Å². The fourth-order valence-electron chi connectivity index (χ4n) is 3.85. The number of halogens is 2. The van der Waals surface area contributed by atoms with Crippen LogP contribution in [-0.4, -0.2) is 36.5 Å². The Hall–Kier alpha value is -1.91. The lowest BCUT2D eigenvalue weighted by Crippen LogP contribution is -2.48. The first-order valence-corrected chi connectivity index (χ1v) is 10.0. The molecule has 0 unspecified atom stereocenters. The van der Waals surface area contributed by atoms with Gasteiger partial charge in [-0.05, 0) is 49.4 Å². The smallest absolute Gasteiger partial charge is 0.227 e. The van der Waals surface area contributed by atoms with Crippen LogP contribution in [0.5, 0.6) is 0 Å². The first-order chi connectivity index (χ1) is 13.2. The lowest BCUT2D eigenvalue weighted by atomic mass is 10.0. The van der Waals surface area contributed by atoms with Gasteiger partial charge in [0.1, 0.15) is 5.82 Å². The van der Waals surface area contributed by atoms with Crippen molar-refractivity contribution in [2.75, 3.05) is 24.5 Å². The Labute approximate surface area is 173 Å². The minimum atomic E-state index is -0.290. The first kappa shape index (κ1) is 22.4. The van der Waals surface area contributed by atoms with Crippen LogP contribution >= 0.6 is 12.4 Å². The largest absolute Gasteiger partial charge is 0.309 e. The maximum atomic E-state index is 13.7. The number of anilines is 1. The van der Waals surface area contributed by atoms with Gasteiger partial charge in [-0.15, -0.1) is 12.4 Å². The highest BCUT2D eigenvalue weighted by Gasteiger charge is 2.28. The van der Waals surface area contributed by atoms with Crippen LogP contribution in [0.4, 0.5) is 10.1 Å². The number of hydrogen-bond acceptors (Lipinski definition) is 2. The second-order valence-electron chi connectivity index (χ2n) is 7.30. The molecule has 0 saturated carbocycles. The molecule has 1 aliphatic heterocycles. The van der Waals surface area contributed by atoms with E-state index in [0.717, 1.165) is 45.3 Å².